The molecule has 9 heteroatoms. The van der Waals surface area contributed by atoms with Crippen molar-refractivity contribution < 1.29 is 18.0 Å². The molecule has 7 nitrogen and oxygen atoms in total. The molecule has 1 unspecified atom stereocenters. The number of halogens is 1. The minimum absolute atomic E-state index is 0.0497. The zero-order valence-electron chi connectivity index (χ0n) is 23.2. The van der Waals surface area contributed by atoms with Crippen LogP contribution in [0.15, 0.2) is 71.6 Å². The number of amides is 2. The summed E-state index contributed by atoms with van der Waals surface area (Å²) in [5.41, 5.74) is 3.76. The maximum absolute atomic E-state index is 14.0. The predicted molar refractivity (Wildman–Crippen MR) is 156 cm³/mol. The smallest absolute Gasteiger partial charge is 0.264 e. The van der Waals surface area contributed by atoms with E-state index in [0.717, 1.165) is 26.6 Å². The van der Waals surface area contributed by atoms with Gasteiger partial charge in [0.25, 0.3) is 10.0 Å². The molecule has 1 atom stereocenters. The van der Waals surface area contributed by atoms with Gasteiger partial charge < -0.3 is 10.2 Å². The van der Waals surface area contributed by atoms with Crippen molar-refractivity contribution in [3.05, 3.63) is 94.0 Å². The Morgan fingerprint density at radius 3 is 2.13 bits per heavy atom. The van der Waals surface area contributed by atoms with E-state index in [-0.39, 0.29) is 29.1 Å². The summed E-state index contributed by atoms with van der Waals surface area (Å²) in [6.45, 7) is 10.6. The van der Waals surface area contributed by atoms with Crippen LogP contribution in [0.4, 0.5) is 5.69 Å². The third-order valence-corrected chi connectivity index (χ3v) is 8.73. The molecule has 0 bridgehead atoms. The van der Waals surface area contributed by atoms with Crippen molar-refractivity contribution in [2.24, 2.45) is 0 Å². The molecule has 0 radical (unpaired) electrons. The zero-order valence-corrected chi connectivity index (χ0v) is 24.8. The second-order valence-corrected chi connectivity index (χ2v) is 12.3. The molecule has 208 valence electrons. The molecule has 0 fully saturated rings. The normalized spacial score (nSPS) is 12.2. The SMILES string of the molecule is Cc1ccc(S(=O)(=O)N(CC(=O)N(Cc2ccccc2C)C(C)C(=O)NC(C)C)c2ccc(C)c(Cl)c2)cc1. The van der Waals surface area contributed by atoms with Gasteiger partial charge in [-0.05, 0) is 82.5 Å². The highest BCUT2D eigenvalue weighted by Gasteiger charge is 2.33. The predicted octanol–water partition coefficient (Wildman–Crippen LogP) is 5.40. The van der Waals surface area contributed by atoms with Gasteiger partial charge in [0.1, 0.15) is 12.6 Å². The minimum Gasteiger partial charge on any atom is -0.352 e. The van der Waals surface area contributed by atoms with Crippen LogP contribution in [-0.2, 0) is 26.2 Å². The van der Waals surface area contributed by atoms with E-state index >= 15 is 0 Å². The van der Waals surface area contributed by atoms with Crippen molar-refractivity contribution in [2.45, 2.75) is 65.1 Å². The first-order chi connectivity index (χ1) is 18.3. The number of hydrogen-bond acceptors (Lipinski definition) is 4. The van der Waals surface area contributed by atoms with Gasteiger partial charge in [-0.15, -0.1) is 0 Å². The molecule has 0 aliphatic heterocycles. The summed E-state index contributed by atoms with van der Waals surface area (Å²) in [6, 6.07) is 17.9. The number of aryl methyl sites for hydroxylation is 3. The molecule has 0 spiro atoms. The number of benzene rings is 3. The lowest BCUT2D eigenvalue weighted by Crippen LogP contribution is -2.52. The van der Waals surface area contributed by atoms with Crippen molar-refractivity contribution in [1.82, 2.24) is 10.2 Å². The fraction of sp³-hybridized carbons (Fsp3) is 0.333. The van der Waals surface area contributed by atoms with Crippen molar-refractivity contribution in [2.75, 3.05) is 10.8 Å². The largest absolute Gasteiger partial charge is 0.352 e. The van der Waals surface area contributed by atoms with Crippen LogP contribution in [0.3, 0.4) is 0 Å². The van der Waals surface area contributed by atoms with Gasteiger partial charge in [-0.25, -0.2) is 8.42 Å². The quantitative estimate of drug-likeness (QED) is 0.354. The number of carbonyl (C=O) groups is 2. The molecule has 3 rings (SSSR count). The van der Waals surface area contributed by atoms with Gasteiger partial charge in [-0.1, -0.05) is 59.6 Å². The van der Waals surface area contributed by atoms with E-state index in [2.05, 4.69) is 5.32 Å². The Kier molecular flexibility index (Phi) is 9.80. The zero-order chi connectivity index (χ0) is 28.9. The molecule has 0 saturated heterocycles. The molecule has 0 saturated carbocycles. The highest BCUT2D eigenvalue weighted by molar-refractivity contribution is 7.92. The summed E-state index contributed by atoms with van der Waals surface area (Å²) >= 11 is 6.37. The van der Waals surface area contributed by atoms with E-state index in [1.54, 1.807) is 31.2 Å². The molecule has 1 N–H and O–H groups in total. The Bertz CT molecular complexity index is 1440. The molecule has 0 aliphatic rings. The third kappa shape index (κ3) is 7.40. The van der Waals surface area contributed by atoms with E-state index < -0.39 is 28.5 Å². The van der Waals surface area contributed by atoms with Crippen molar-refractivity contribution in [3.8, 4) is 0 Å². The second-order valence-electron chi connectivity index (χ2n) is 10.0. The van der Waals surface area contributed by atoms with Gasteiger partial charge in [0.2, 0.25) is 11.8 Å². The Balaban J connectivity index is 2.07. The van der Waals surface area contributed by atoms with Crippen molar-refractivity contribution in [1.29, 1.82) is 0 Å². The Morgan fingerprint density at radius 2 is 1.54 bits per heavy atom. The molecule has 0 heterocycles. The number of nitrogens with zero attached hydrogens (tertiary/aromatic N) is 2. The molecule has 39 heavy (non-hydrogen) atoms. The monoisotopic (exact) mass is 569 g/mol. The Hall–Kier alpha value is -3.36. The van der Waals surface area contributed by atoms with Gasteiger partial charge in [0.15, 0.2) is 0 Å². The van der Waals surface area contributed by atoms with E-state index in [1.165, 1.54) is 23.1 Å². The lowest BCUT2D eigenvalue weighted by atomic mass is 10.1. The minimum atomic E-state index is -4.15. The lowest BCUT2D eigenvalue weighted by molar-refractivity contribution is -0.139. The fourth-order valence-electron chi connectivity index (χ4n) is 4.06. The maximum atomic E-state index is 14.0. The number of nitrogens with one attached hydrogen (secondary N) is 1. The van der Waals surface area contributed by atoms with Gasteiger partial charge in [-0.3, -0.25) is 13.9 Å². The number of carbonyl (C=O) groups excluding carboxylic acids is 2. The van der Waals surface area contributed by atoms with Crippen LogP contribution in [0.25, 0.3) is 0 Å². The molecular formula is C30H36ClN3O4S. The molecule has 2 amide bonds. The van der Waals surface area contributed by atoms with Gasteiger partial charge in [0.05, 0.1) is 10.6 Å². The summed E-state index contributed by atoms with van der Waals surface area (Å²) < 4.78 is 28.8. The van der Waals surface area contributed by atoms with E-state index in [9.17, 15) is 18.0 Å². The average Bonchev–Trinajstić information content (AvgIpc) is 2.87. The standard InChI is InChI=1S/C30H36ClN3O4S/c1-20(2)32-30(36)24(6)33(18-25-10-8-7-9-22(25)4)29(35)19-34(26-14-13-23(5)28(31)17-26)39(37,38)27-15-11-21(3)12-16-27/h7-17,20,24H,18-19H2,1-6H3,(H,32,36). The summed E-state index contributed by atoms with van der Waals surface area (Å²) in [4.78, 5) is 28.4. The average molecular weight is 570 g/mol. The Morgan fingerprint density at radius 1 is 0.897 bits per heavy atom. The first kappa shape index (κ1) is 30.2. The fourth-order valence-corrected chi connectivity index (χ4v) is 5.64. The summed E-state index contributed by atoms with van der Waals surface area (Å²) in [7, 11) is -4.15. The number of hydrogen-bond donors (Lipinski definition) is 1. The van der Waals surface area contributed by atoms with Crippen LogP contribution < -0.4 is 9.62 Å². The topological polar surface area (TPSA) is 86.8 Å². The lowest BCUT2D eigenvalue weighted by Gasteiger charge is -2.32. The third-order valence-electron chi connectivity index (χ3n) is 6.53. The molecule has 3 aromatic carbocycles. The summed E-state index contributed by atoms with van der Waals surface area (Å²) in [5, 5.41) is 3.24. The van der Waals surface area contributed by atoms with Crippen LogP contribution in [0.1, 0.15) is 43.0 Å². The van der Waals surface area contributed by atoms with Gasteiger partial charge in [0, 0.05) is 17.6 Å². The van der Waals surface area contributed by atoms with Crippen LogP contribution in [0, 0.1) is 20.8 Å². The number of anilines is 1. The van der Waals surface area contributed by atoms with Crippen LogP contribution in [-0.4, -0.2) is 43.8 Å². The van der Waals surface area contributed by atoms with Crippen molar-refractivity contribution in [3.63, 3.8) is 0 Å². The Labute approximate surface area is 236 Å². The first-order valence-electron chi connectivity index (χ1n) is 12.8. The summed E-state index contributed by atoms with van der Waals surface area (Å²) in [6.07, 6.45) is 0. The van der Waals surface area contributed by atoms with Crippen LogP contribution >= 0.6 is 11.6 Å². The molecule has 0 aliphatic carbocycles. The first-order valence-corrected chi connectivity index (χ1v) is 14.6. The van der Waals surface area contributed by atoms with E-state index in [4.69, 9.17) is 11.6 Å². The number of sulfonamides is 1. The molecule has 0 aromatic heterocycles. The maximum Gasteiger partial charge on any atom is 0.264 e. The van der Waals surface area contributed by atoms with Crippen LogP contribution in [0.5, 0.6) is 0 Å². The van der Waals surface area contributed by atoms with Gasteiger partial charge in [-0.2, -0.15) is 0 Å². The second kappa shape index (κ2) is 12.7. The van der Waals surface area contributed by atoms with Gasteiger partial charge >= 0.3 is 0 Å². The van der Waals surface area contributed by atoms with E-state index in [1.807, 2.05) is 58.9 Å². The van der Waals surface area contributed by atoms with E-state index in [0.29, 0.717) is 5.02 Å². The molecule has 3 aromatic rings. The van der Waals surface area contributed by atoms with Crippen LogP contribution in [0.2, 0.25) is 5.02 Å². The molecular weight excluding hydrogens is 534 g/mol. The summed E-state index contributed by atoms with van der Waals surface area (Å²) in [5.74, 6) is -0.838. The number of rotatable bonds is 10. The highest BCUT2D eigenvalue weighted by atomic mass is 35.5. The van der Waals surface area contributed by atoms with Crippen molar-refractivity contribution >= 4 is 39.1 Å². The highest BCUT2D eigenvalue weighted by Crippen LogP contribution is 2.29.